The van der Waals surface area contributed by atoms with E-state index in [2.05, 4.69) is 24.3 Å². The zero-order valence-corrected chi connectivity index (χ0v) is 19.0. The van der Waals surface area contributed by atoms with Crippen LogP contribution >= 0.6 is 11.8 Å². The molecule has 0 fully saturated rings. The highest BCUT2D eigenvalue weighted by Crippen LogP contribution is 2.18. The van der Waals surface area contributed by atoms with Crippen LogP contribution in [0, 0.1) is 0 Å². The average Bonchev–Trinajstić information content (AvgIpc) is 2.79. The summed E-state index contributed by atoms with van der Waals surface area (Å²) in [4.78, 5) is 36.3. The summed E-state index contributed by atoms with van der Waals surface area (Å²) in [5, 5.41) is 7.72. The molecule has 1 N–H and O–H groups in total. The third-order valence-electron chi connectivity index (χ3n) is 4.61. The number of hydrogen-bond acceptors (Lipinski definition) is 6. The second-order valence-corrected chi connectivity index (χ2v) is 8.30. The van der Waals surface area contributed by atoms with Crippen LogP contribution in [0.3, 0.4) is 0 Å². The Morgan fingerprint density at radius 2 is 1.72 bits per heavy atom. The highest BCUT2D eigenvalue weighted by atomic mass is 32.2. The van der Waals surface area contributed by atoms with E-state index in [0.717, 1.165) is 0 Å². The zero-order chi connectivity index (χ0) is 23.1. The van der Waals surface area contributed by atoms with Crippen LogP contribution in [-0.2, 0) is 9.53 Å². The van der Waals surface area contributed by atoms with E-state index in [4.69, 9.17) is 4.74 Å². The Hall–Kier alpha value is -3.39. The van der Waals surface area contributed by atoms with E-state index in [-0.39, 0.29) is 17.2 Å². The molecule has 32 heavy (non-hydrogen) atoms. The van der Waals surface area contributed by atoms with Gasteiger partial charge in [0.1, 0.15) is 5.03 Å². The van der Waals surface area contributed by atoms with Gasteiger partial charge < -0.3 is 10.1 Å². The van der Waals surface area contributed by atoms with Crippen LogP contribution in [0.2, 0.25) is 0 Å². The number of nitrogens with zero attached hydrogens (tertiary/aromatic N) is 2. The van der Waals surface area contributed by atoms with Gasteiger partial charge in [-0.2, -0.15) is 9.78 Å². The van der Waals surface area contributed by atoms with E-state index < -0.39 is 5.97 Å². The minimum Gasteiger partial charge on any atom is -0.462 e. The van der Waals surface area contributed by atoms with Gasteiger partial charge in [0.25, 0.3) is 5.56 Å². The van der Waals surface area contributed by atoms with Crippen molar-refractivity contribution in [1.29, 1.82) is 0 Å². The molecule has 8 heteroatoms. The molecule has 0 saturated heterocycles. The van der Waals surface area contributed by atoms with Crippen LogP contribution in [0.4, 0.5) is 5.69 Å². The van der Waals surface area contributed by atoms with Gasteiger partial charge in [-0.05, 0) is 60.9 Å². The first-order chi connectivity index (χ1) is 15.4. The van der Waals surface area contributed by atoms with Crippen LogP contribution in [0.1, 0.15) is 42.6 Å². The van der Waals surface area contributed by atoms with Crippen molar-refractivity contribution in [2.75, 3.05) is 17.7 Å². The van der Waals surface area contributed by atoms with Gasteiger partial charge in [-0.25, -0.2) is 4.79 Å². The lowest BCUT2D eigenvalue weighted by Gasteiger charge is -2.09. The molecule has 166 valence electrons. The van der Waals surface area contributed by atoms with Crippen LogP contribution in [0.25, 0.3) is 5.69 Å². The Balaban J connectivity index is 1.62. The molecule has 0 aliphatic heterocycles. The molecule has 1 heterocycles. The van der Waals surface area contributed by atoms with E-state index in [1.165, 1.54) is 28.1 Å². The van der Waals surface area contributed by atoms with Gasteiger partial charge in [-0.15, -0.1) is 0 Å². The Labute approximate surface area is 190 Å². The summed E-state index contributed by atoms with van der Waals surface area (Å²) in [6, 6.07) is 17.2. The summed E-state index contributed by atoms with van der Waals surface area (Å²) in [6.45, 7) is 6.26. The molecule has 0 radical (unpaired) electrons. The number of nitrogens with one attached hydrogen (secondary N) is 1. The number of esters is 1. The third-order valence-corrected chi connectivity index (χ3v) is 5.53. The number of carbonyl (C=O) groups is 2. The fourth-order valence-corrected chi connectivity index (χ4v) is 3.55. The highest BCUT2D eigenvalue weighted by Gasteiger charge is 2.10. The molecule has 0 bridgehead atoms. The fourth-order valence-electron chi connectivity index (χ4n) is 2.90. The lowest BCUT2D eigenvalue weighted by molar-refractivity contribution is -0.113. The predicted molar refractivity (Wildman–Crippen MR) is 126 cm³/mol. The maximum atomic E-state index is 12.3. The van der Waals surface area contributed by atoms with Crippen molar-refractivity contribution in [3.63, 3.8) is 0 Å². The van der Waals surface area contributed by atoms with Crippen molar-refractivity contribution in [2.24, 2.45) is 0 Å². The Bertz CT molecular complexity index is 1140. The first-order valence-corrected chi connectivity index (χ1v) is 11.3. The normalized spacial score (nSPS) is 10.8. The number of benzene rings is 2. The molecule has 0 saturated carbocycles. The lowest BCUT2D eigenvalue weighted by atomic mass is 10.0. The van der Waals surface area contributed by atoms with Crippen LogP contribution in [0.5, 0.6) is 0 Å². The number of thioether (sulfide) groups is 1. The molecule has 2 aromatic carbocycles. The van der Waals surface area contributed by atoms with Gasteiger partial charge >= 0.3 is 5.97 Å². The van der Waals surface area contributed by atoms with Gasteiger partial charge in [0, 0.05) is 11.8 Å². The molecule has 0 aliphatic rings. The first-order valence-electron chi connectivity index (χ1n) is 10.3. The van der Waals surface area contributed by atoms with E-state index in [1.807, 2.05) is 24.3 Å². The number of anilines is 1. The Kier molecular flexibility index (Phi) is 7.83. The summed E-state index contributed by atoms with van der Waals surface area (Å²) >= 11 is 1.23. The summed E-state index contributed by atoms with van der Waals surface area (Å²) < 4.78 is 6.27. The second-order valence-electron chi connectivity index (χ2n) is 7.30. The number of ether oxygens (including phenoxy) is 1. The topological polar surface area (TPSA) is 90.3 Å². The van der Waals surface area contributed by atoms with Gasteiger partial charge in [0.05, 0.1) is 23.6 Å². The molecule has 0 atom stereocenters. The third kappa shape index (κ3) is 6.07. The average molecular weight is 452 g/mol. The second kappa shape index (κ2) is 10.8. The van der Waals surface area contributed by atoms with Crippen molar-refractivity contribution < 1.29 is 14.3 Å². The maximum absolute atomic E-state index is 12.3. The predicted octanol–water partition coefficient (Wildman–Crippen LogP) is 4.26. The molecular formula is C24H25N3O4S. The van der Waals surface area contributed by atoms with Gasteiger partial charge in [-0.3, -0.25) is 9.59 Å². The maximum Gasteiger partial charge on any atom is 0.338 e. The molecule has 3 aromatic rings. The summed E-state index contributed by atoms with van der Waals surface area (Å²) in [7, 11) is 0. The number of aromatic nitrogens is 2. The van der Waals surface area contributed by atoms with E-state index in [1.54, 1.807) is 37.3 Å². The van der Waals surface area contributed by atoms with E-state index in [9.17, 15) is 14.4 Å². The van der Waals surface area contributed by atoms with E-state index in [0.29, 0.717) is 34.5 Å². The summed E-state index contributed by atoms with van der Waals surface area (Å²) in [5.41, 5.74) is 2.61. The Morgan fingerprint density at radius 1 is 1.03 bits per heavy atom. The molecule has 0 spiro atoms. The molecule has 0 unspecified atom stereocenters. The van der Waals surface area contributed by atoms with Gasteiger partial charge in [0.2, 0.25) is 5.91 Å². The van der Waals surface area contributed by atoms with Crippen molar-refractivity contribution in [2.45, 2.75) is 31.7 Å². The largest absolute Gasteiger partial charge is 0.462 e. The van der Waals surface area contributed by atoms with Crippen molar-refractivity contribution in [1.82, 2.24) is 9.78 Å². The smallest absolute Gasteiger partial charge is 0.338 e. The van der Waals surface area contributed by atoms with Crippen LogP contribution in [-0.4, -0.2) is 34.0 Å². The first kappa shape index (κ1) is 23.3. The number of amides is 1. The van der Waals surface area contributed by atoms with Gasteiger partial charge in [-0.1, -0.05) is 37.7 Å². The summed E-state index contributed by atoms with van der Waals surface area (Å²) in [6.07, 6.45) is 0. The monoisotopic (exact) mass is 451 g/mol. The molecular weight excluding hydrogens is 426 g/mol. The SMILES string of the molecule is CCOC(=O)c1ccc(NC(=O)CSc2ccc(=O)n(-c3ccc(C(C)C)cc3)n2)cc1. The number of hydrogen-bond donors (Lipinski definition) is 1. The lowest BCUT2D eigenvalue weighted by Crippen LogP contribution is -2.21. The highest BCUT2D eigenvalue weighted by molar-refractivity contribution is 7.99. The number of rotatable bonds is 8. The van der Waals surface area contributed by atoms with Crippen LogP contribution < -0.4 is 10.9 Å². The minimum absolute atomic E-state index is 0.122. The molecule has 1 amide bonds. The standard InChI is InChI=1S/C24H25N3O4S/c1-4-31-24(30)18-5-9-19(10-6-18)25-21(28)15-32-22-13-14-23(29)27(26-22)20-11-7-17(8-12-20)16(2)3/h5-14,16H,4,15H2,1-3H3,(H,25,28). The minimum atomic E-state index is -0.402. The zero-order valence-electron chi connectivity index (χ0n) is 18.2. The molecule has 7 nitrogen and oxygen atoms in total. The van der Waals surface area contributed by atoms with Crippen molar-refractivity contribution >= 4 is 29.3 Å². The molecule has 3 rings (SSSR count). The van der Waals surface area contributed by atoms with Crippen molar-refractivity contribution in [3.05, 3.63) is 82.1 Å². The molecule has 0 aliphatic carbocycles. The summed E-state index contributed by atoms with van der Waals surface area (Å²) in [5.74, 6) is -0.104. The molecule has 1 aromatic heterocycles. The quantitative estimate of drug-likeness (QED) is 0.406. The number of carbonyl (C=O) groups excluding carboxylic acids is 2. The fraction of sp³-hybridized carbons (Fsp3) is 0.250. The van der Waals surface area contributed by atoms with Crippen molar-refractivity contribution in [3.8, 4) is 5.69 Å². The van der Waals surface area contributed by atoms with Gasteiger partial charge in [0.15, 0.2) is 0 Å². The van der Waals surface area contributed by atoms with E-state index >= 15 is 0 Å². The van der Waals surface area contributed by atoms with Crippen LogP contribution in [0.15, 0.2) is 70.5 Å². The Morgan fingerprint density at radius 3 is 2.34 bits per heavy atom.